The second kappa shape index (κ2) is 13.4. The van der Waals surface area contributed by atoms with Crippen molar-refractivity contribution >= 4 is 87.5 Å². The molecule has 5 heterocycles. The summed E-state index contributed by atoms with van der Waals surface area (Å²) in [7, 11) is 0. The van der Waals surface area contributed by atoms with Gasteiger partial charge in [0.1, 0.15) is 22.3 Å². The number of nitrogens with zero attached hydrogens (tertiary/aromatic N) is 4. The third-order valence-electron chi connectivity index (χ3n) is 12.9. The lowest BCUT2D eigenvalue weighted by Gasteiger charge is -2.11. The predicted octanol–water partition coefficient (Wildman–Crippen LogP) is 15.5. The molecule has 64 heavy (non-hydrogen) atoms. The van der Waals surface area contributed by atoms with Gasteiger partial charge in [0.2, 0.25) is 5.95 Å². The van der Waals surface area contributed by atoms with E-state index in [-0.39, 0.29) is 0 Å². The Bertz CT molecular complexity index is 4120. The van der Waals surface area contributed by atoms with Crippen LogP contribution in [-0.2, 0) is 0 Å². The van der Waals surface area contributed by atoms with Gasteiger partial charge in [-0.05, 0) is 77.9 Å². The van der Waals surface area contributed by atoms with Crippen LogP contribution in [0, 0.1) is 0 Å². The van der Waals surface area contributed by atoms with E-state index < -0.39 is 0 Å². The summed E-state index contributed by atoms with van der Waals surface area (Å²) in [6, 6.07) is 72.5. The highest BCUT2D eigenvalue weighted by Gasteiger charge is 2.21. The second-order valence-corrected chi connectivity index (χ2v) is 16.6. The van der Waals surface area contributed by atoms with Crippen molar-refractivity contribution in [2.45, 2.75) is 0 Å². The van der Waals surface area contributed by atoms with Crippen LogP contribution in [0.4, 0.5) is 0 Å². The first-order chi connectivity index (χ1) is 31.7. The summed E-state index contributed by atoms with van der Waals surface area (Å²) in [4.78, 5) is 10.5. The molecule has 0 atom stereocenters. The van der Waals surface area contributed by atoms with Crippen molar-refractivity contribution in [2.75, 3.05) is 0 Å². The van der Waals surface area contributed by atoms with Gasteiger partial charge in [-0.3, -0.25) is 4.57 Å². The van der Waals surface area contributed by atoms with Crippen molar-refractivity contribution in [1.82, 2.24) is 19.1 Å². The third kappa shape index (κ3) is 5.20. The summed E-state index contributed by atoms with van der Waals surface area (Å²) >= 11 is 0. The summed E-state index contributed by atoms with van der Waals surface area (Å²) < 4.78 is 17.6. The lowest BCUT2D eigenvalue weighted by molar-refractivity contribution is 0.669. The van der Waals surface area contributed by atoms with Crippen LogP contribution in [0.25, 0.3) is 133 Å². The van der Waals surface area contributed by atoms with Crippen LogP contribution < -0.4 is 0 Å². The van der Waals surface area contributed by atoms with E-state index in [2.05, 4.69) is 167 Å². The van der Waals surface area contributed by atoms with Crippen LogP contribution in [0.3, 0.4) is 0 Å². The van der Waals surface area contributed by atoms with Gasteiger partial charge in [0, 0.05) is 72.0 Å². The topological polar surface area (TPSA) is 61.9 Å². The summed E-state index contributed by atoms with van der Waals surface area (Å²) in [5.41, 5.74) is 14.8. The lowest BCUT2D eigenvalue weighted by Crippen LogP contribution is -2.03. The Balaban J connectivity index is 0.958. The first-order valence-corrected chi connectivity index (χ1v) is 21.6. The van der Waals surface area contributed by atoms with E-state index in [1.807, 2.05) is 48.5 Å². The van der Waals surface area contributed by atoms with Gasteiger partial charge in [-0.1, -0.05) is 127 Å². The van der Waals surface area contributed by atoms with Crippen molar-refractivity contribution in [3.8, 4) is 45.3 Å². The minimum atomic E-state index is 0.606. The standard InChI is InChI=1S/C58H34N4O2/c1-4-14-35(15-5-1)48-32-49(36-16-6-2-7-17-36)60-58(59-48)62-50-22-12-10-20-40(50)43-30-47-45-29-38(25-27-55(45)64-57(47)34-53(43)62)37-24-26-51-42(28-37)44-31-46-41-21-11-13-23-54(41)63-56(46)33-52(44)61(51)39-18-8-3-9-19-39/h1-34H. The van der Waals surface area contributed by atoms with Crippen molar-refractivity contribution in [2.24, 2.45) is 0 Å². The molecule has 14 aromatic rings. The van der Waals surface area contributed by atoms with Crippen LogP contribution in [0.15, 0.2) is 215 Å². The van der Waals surface area contributed by atoms with Crippen LogP contribution >= 0.6 is 0 Å². The molecule has 0 bridgehead atoms. The molecule has 6 heteroatoms. The summed E-state index contributed by atoms with van der Waals surface area (Å²) in [6.45, 7) is 0. The first kappa shape index (κ1) is 34.9. The van der Waals surface area contributed by atoms with Gasteiger partial charge < -0.3 is 13.4 Å². The smallest absolute Gasteiger partial charge is 0.235 e. The van der Waals surface area contributed by atoms with Crippen LogP contribution in [0.5, 0.6) is 0 Å². The Morgan fingerprint density at radius 3 is 1.47 bits per heavy atom. The molecular weight excluding hydrogens is 785 g/mol. The van der Waals surface area contributed by atoms with E-state index >= 15 is 0 Å². The molecule has 0 radical (unpaired) electrons. The molecule has 0 unspecified atom stereocenters. The zero-order chi connectivity index (χ0) is 41.9. The number of fused-ring (bicyclic) bond motifs is 12. The van der Waals surface area contributed by atoms with Crippen LogP contribution in [0.1, 0.15) is 0 Å². The van der Waals surface area contributed by atoms with E-state index in [0.29, 0.717) is 5.95 Å². The zero-order valence-corrected chi connectivity index (χ0v) is 34.2. The van der Waals surface area contributed by atoms with E-state index in [0.717, 1.165) is 116 Å². The monoisotopic (exact) mass is 818 g/mol. The minimum absolute atomic E-state index is 0.606. The van der Waals surface area contributed by atoms with Crippen LogP contribution in [-0.4, -0.2) is 19.1 Å². The van der Waals surface area contributed by atoms with Gasteiger partial charge in [-0.25, -0.2) is 9.97 Å². The Labute approximate surface area is 365 Å². The Kier molecular flexibility index (Phi) is 7.30. The number of hydrogen-bond donors (Lipinski definition) is 0. The highest BCUT2D eigenvalue weighted by atomic mass is 16.3. The molecule has 0 N–H and O–H groups in total. The van der Waals surface area contributed by atoms with E-state index in [1.54, 1.807) is 0 Å². The number of furan rings is 2. The fourth-order valence-corrected chi connectivity index (χ4v) is 9.95. The highest BCUT2D eigenvalue weighted by Crippen LogP contribution is 2.42. The predicted molar refractivity (Wildman–Crippen MR) is 262 cm³/mol. The van der Waals surface area contributed by atoms with E-state index in [1.165, 1.54) is 10.8 Å². The van der Waals surface area contributed by atoms with Crippen molar-refractivity contribution in [1.29, 1.82) is 0 Å². The van der Waals surface area contributed by atoms with E-state index in [9.17, 15) is 0 Å². The van der Waals surface area contributed by atoms with Gasteiger partial charge in [-0.2, -0.15) is 0 Å². The molecule has 14 rings (SSSR count). The average Bonchev–Trinajstić information content (AvgIpc) is 4.10. The maximum Gasteiger partial charge on any atom is 0.235 e. The molecule has 0 aliphatic heterocycles. The quantitative estimate of drug-likeness (QED) is 0.174. The number of hydrogen-bond acceptors (Lipinski definition) is 4. The van der Waals surface area contributed by atoms with Gasteiger partial charge in [0.15, 0.2) is 0 Å². The largest absolute Gasteiger partial charge is 0.456 e. The number of benzene rings is 9. The molecular formula is C58H34N4O2. The summed E-state index contributed by atoms with van der Waals surface area (Å²) in [5, 5.41) is 8.97. The fraction of sp³-hybridized carbons (Fsp3) is 0. The minimum Gasteiger partial charge on any atom is -0.456 e. The Morgan fingerprint density at radius 1 is 0.281 bits per heavy atom. The molecule has 0 aliphatic carbocycles. The third-order valence-corrected chi connectivity index (χ3v) is 12.9. The lowest BCUT2D eigenvalue weighted by atomic mass is 10.00. The maximum absolute atomic E-state index is 6.71. The molecule has 0 fully saturated rings. The van der Waals surface area contributed by atoms with Crippen molar-refractivity contribution in [3.05, 3.63) is 206 Å². The maximum atomic E-state index is 6.71. The fourth-order valence-electron chi connectivity index (χ4n) is 9.95. The molecule has 9 aromatic carbocycles. The van der Waals surface area contributed by atoms with Gasteiger partial charge >= 0.3 is 0 Å². The first-order valence-electron chi connectivity index (χ1n) is 21.6. The van der Waals surface area contributed by atoms with Crippen LogP contribution in [0.2, 0.25) is 0 Å². The molecule has 0 amide bonds. The van der Waals surface area contributed by atoms with Crippen molar-refractivity contribution < 1.29 is 8.83 Å². The van der Waals surface area contributed by atoms with Crippen molar-refractivity contribution in [3.63, 3.8) is 0 Å². The molecule has 6 nitrogen and oxygen atoms in total. The highest BCUT2D eigenvalue weighted by molar-refractivity contribution is 6.19. The van der Waals surface area contributed by atoms with Gasteiger partial charge in [0.25, 0.3) is 0 Å². The molecule has 0 aliphatic rings. The molecule has 298 valence electrons. The van der Waals surface area contributed by atoms with Gasteiger partial charge in [-0.15, -0.1) is 0 Å². The number of para-hydroxylation sites is 3. The summed E-state index contributed by atoms with van der Waals surface area (Å²) in [5.74, 6) is 0.606. The zero-order valence-electron chi connectivity index (χ0n) is 34.2. The average molecular weight is 819 g/mol. The summed E-state index contributed by atoms with van der Waals surface area (Å²) in [6.07, 6.45) is 0. The Morgan fingerprint density at radius 2 is 0.766 bits per heavy atom. The normalized spacial score (nSPS) is 12.1. The second-order valence-electron chi connectivity index (χ2n) is 16.6. The molecule has 0 saturated heterocycles. The molecule has 0 saturated carbocycles. The molecule has 0 spiro atoms. The number of rotatable bonds is 5. The van der Waals surface area contributed by atoms with E-state index in [4.69, 9.17) is 18.8 Å². The SMILES string of the molecule is c1ccc(-c2cc(-c3ccccc3)nc(-n3c4ccccc4c4cc5c(cc43)oc3ccc(-c4ccc6c(c4)c4cc7c(cc4n6-c4ccccc4)oc4ccccc47)cc35)n2)cc1. The van der Waals surface area contributed by atoms with Gasteiger partial charge in [0.05, 0.1) is 33.5 Å². The molecule has 5 aromatic heterocycles. The number of aromatic nitrogens is 4. The Hall–Kier alpha value is -8.74.